The van der Waals surface area contributed by atoms with Gasteiger partial charge in [0.15, 0.2) is 0 Å². The second kappa shape index (κ2) is 14.6. The number of carbonyl (C=O) groups is 2. The van der Waals surface area contributed by atoms with Crippen LogP contribution in [0.4, 0.5) is 4.79 Å². The van der Waals surface area contributed by atoms with E-state index in [1.165, 1.54) is 0 Å². The molecule has 2 aliphatic rings. The Kier molecular flexibility index (Phi) is 10.8. The number of carbonyl (C=O) groups excluding carboxylic acids is 2. The molecule has 3 amide bonds. The maximum Gasteiger partial charge on any atom is 0.325 e. The maximum absolute atomic E-state index is 13.9. The van der Waals surface area contributed by atoms with E-state index >= 15 is 0 Å². The number of aromatic hydroxyl groups is 3. The predicted octanol–water partition coefficient (Wildman–Crippen LogP) is 4.43. The first kappa shape index (κ1) is 34.1. The lowest BCUT2D eigenvalue weighted by atomic mass is 9.85. The third-order valence-corrected chi connectivity index (χ3v) is 8.02. The van der Waals surface area contributed by atoms with Gasteiger partial charge in [-0.15, -0.1) is 0 Å². The molecule has 0 aromatic heterocycles. The Morgan fingerprint density at radius 2 is 1.52 bits per heavy atom. The molecule has 11 nitrogen and oxygen atoms in total. The van der Waals surface area contributed by atoms with Crippen LogP contribution in [0.5, 0.6) is 23.0 Å². The van der Waals surface area contributed by atoms with Gasteiger partial charge in [-0.25, -0.2) is 4.79 Å². The summed E-state index contributed by atoms with van der Waals surface area (Å²) in [6.45, 7) is 8.82. The van der Waals surface area contributed by atoms with Gasteiger partial charge in [0.2, 0.25) is 5.91 Å². The van der Waals surface area contributed by atoms with E-state index in [0.717, 1.165) is 11.1 Å². The van der Waals surface area contributed by atoms with E-state index < -0.39 is 0 Å². The van der Waals surface area contributed by atoms with Crippen LogP contribution in [-0.2, 0) is 10.2 Å². The van der Waals surface area contributed by atoms with E-state index in [1.807, 2.05) is 32.9 Å². The third-order valence-electron chi connectivity index (χ3n) is 8.02. The number of methoxy groups -OCH3 is 1. The molecule has 3 aromatic carbocycles. The summed E-state index contributed by atoms with van der Waals surface area (Å²) in [5, 5.41) is 29.3. The van der Waals surface area contributed by atoms with E-state index in [0.29, 0.717) is 62.2 Å². The molecule has 1 saturated heterocycles. The molecule has 2 aliphatic heterocycles. The SMILES string of the molecule is COc1cc(C(C)(C)C)c(O)cc1C1=N[C@@H](c2ccc(O)cc2)CN1C(=O)N1CCN(CC(=O)N(C)C)CC1.Oc1ccccc1. The van der Waals surface area contributed by atoms with Crippen LogP contribution < -0.4 is 4.74 Å². The second-order valence-corrected chi connectivity index (χ2v) is 12.7. The van der Waals surface area contributed by atoms with Crippen molar-refractivity contribution in [1.82, 2.24) is 19.6 Å². The van der Waals surface area contributed by atoms with Gasteiger partial charge in [-0.1, -0.05) is 51.1 Å². The molecule has 5 rings (SSSR count). The topological polar surface area (TPSA) is 129 Å². The number of rotatable bonds is 5. The van der Waals surface area contributed by atoms with Crippen molar-refractivity contribution in [3.05, 3.63) is 83.4 Å². The van der Waals surface area contributed by atoms with Gasteiger partial charge in [0.1, 0.15) is 28.8 Å². The standard InChI is InChI=1S/C29H39N5O5.C6H6O/c1-29(2,3)22-16-25(39-6)21(15-24(22)36)27-30-23(19-7-9-20(35)10-8-19)17-34(27)28(38)33-13-11-32(12-14-33)18-26(37)31(4)5;7-6-4-2-1-3-5-6/h7-10,15-16,23,35-36H,11-14,17-18H2,1-6H3;1-5,7H/t23-;/m1./s1. The number of para-hydroxylation sites is 1. The minimum Gasteiger partial charge on any atom is -0.508 e. The number of likely N-dealkylation sites (N-methyl/N-ethyl adjacent to an activating group) is 1. The molecule has 246 valence electrons. The zero-order chi connectivity index (χ0) is 33.6. The van der Waals surface area contributed by atoms with Gasteiger partial charge in [0, 0.05) is 45.8 Å². The van der Waals surface area contributed by atoms with Crippen LogP contribution in [0.15, 0.2) is 71.7 Å². The van der Waals surface area contributed by atoms with Gasteiger partial charge < -0.3 is 29.9 Å². The number of hydrogen-bond acceptors (Lipinski definition) is 8. The fourth-order valence-corrected chi connectivity index (χ4v) is 5.32. The summed E-state index contributed by atoms with van der Waals surface area (Å²) in [7, 11) is 5.04. The highest BCUT2D eigenvalue weighted by atomic mass is 16.5. The summed E-state index contributed by atoms with van der Waals surface area (Å²) in [5.74, 6) is 1.57. The minimum absolute atomic E-state index is 0.0334. The molecule has 0 spiro atoms. The second-order valence-electron chi connectivity index (χ2n) is 12.7. The van der Waals surface area contributed by atoms with Crippen molar-refractivity contribution in [3.63, 3.8) is 0 Å². The van der Waals surface area contributed by atoms with Crippen molar-refractivity contribution in [1.29, 1.82) is 0 Å². The lowest BCUT2D eigenvalue weighted by molar-refractivity contribution is -0.130. The Labute approximate surface area is 270 Å². The Morgan fingerprint density at radius 1 is 0.913 bits per heavy atom. The van der Waals surface area contributed by atoms with Gasteiger partial charge in [0.05, 0.1) is 31.8 Å². The molecule has 11 heteroatoms. The molecular formula is C35H45N5O6. The van der Waals surface area contributed by atoms with Crippen molar-refractivity contribution in [2.75, 3.05) is 60.5 Å². The first-order valence-electron chi connectivity index (χ1n) is 15.3. The number of piperazine rings is 1. The van der Waals surface area contributed by atoms with Crippen LogP contribution in [0, 0.1) is 0 Å². The number of ether oxygens (including phenoxy) is 1. The predicted molar refractivity (Wildman–Crippen MR) is 178 cm³/mol. The van der Waals surface area contributed by atoms with Gasteiger partial charge in [-0.05, 0) is 47.4 Å². The molecule has 0 radical (unpaired) electrons. The van der Waals surface area contributed by atoms with Crippen LogP contribution >= 0.6 is 0 Å². The lowest BCUT2D eigenvalue weighted by Gasteiger charge is -2.37. The molecule has 46 heavy (non-hydrogen) atoms. The van der Waals surface area contributed by atoms with Crippen LogP contribution in [0.3, 0.4) is 0 Å². The van der Waals surface area contributed by atoms with Crippen molar-refractivity contribution >= 4 is 17.8 Å². The molecule has 1 fully saturated rings. The molecule has 0 saturated carbocycles. The summed E-state index contributed by atoms with van der Waals surface area (Å²) < 4.78 is 5.73. The third kappa shape index (κ3) is 8.28. The number of aliphatic imine (C=N–C) groups is 1. The molecule has 1 atom stereocenters. The molecule has 2 heterocycles. The van der Waals surface area contributed by atoms with Gasteiger partial charge in [-0.3, -0.25) is 19.6 Å². The Morgan fingerprint density at radius 3 is 2.04 bits per heavy atom. The molecule has 0 bridgehead atoms. The zero-order valence-electron chi connectivity index (χ0n) is 27.5. The lowest BCUT2D eigenvalue weighted by Crippen LogP contribution is -2.54. The van der Waals surface area contributed by atoms with Crippen molar-refractivity contribution in [3.8, 4) is 23.0 Å². The van der Waals surface area contributed by atoms with E-state index in [4.69, 9.17) is 14.8 Å². The van der Waals surface area contributed by atoms with Gasteiger partial charge >= 0.3 is 6.03 Å². The number of nitrogens with zero attached hydrogens (tertiary/aromatic N) is 5. The monoisotopic (exact) mass is 631 g/mol. The summed E-state index contributed by atoms with van der Waals surface area (Å²) in [6, 6.07) is 18.4. The first-order valence-corrected chi connectivity index (χ1v) is 15.3. The van der Waals surface area contributed by atoms with Crippen LogP contribution in [0.1, 0.15) is 43.5 Å². The van der Waals surface area contributed by atoms with Crippen LogP contribution in [0.25, 0.3) is 0 Å². The fraction of sp³-hybridized carbons (Fsp3) is 0.400. The van der Waals surface area contributed by atoms with Crippen LogP contribution in [-0.4, -0.2) is 113 Å². The van der Waals surface area contributed by atoms with Crippen molar-refractivity contribution in [2.24, 2.45) is 4.99 Å². The first-order chi connectivity index (χ1) is 21.8. The molecular weight excluding hydrogens is 586 g/mol. The van der Waals surface area contributed by atoms with E-state index in [2.05, 4.69) is 4.90 Å². The fourth-order valence-electron chi connectivity index (χ4n) is 5.32. The summed E-state index contributed by atoms with van der Waals surface area (Å²) >= 11 is 0. The largest absolute Gasteiger partial charge is 0.508 e. The van der Waals surface area contributed by atoms with E-state index in [-0.39, 0.29) is 34.9 Å². The van der Waals surface area contributed by atoms with Crippen molar-refractivity contribution < 1.29 is 29.6 Å². The summed E-state index contributed by atoms with van der Waals surface area (Å²) in [4.78, 5) is 38.0. The number of phenols is 3. The number of phenolic OH excluding ortho intramolecular Hbond substituents is 3. The highest BCUT2D eigenvalue weighted by Crippen LogP contribution is 2.39. The molecule has 0 aliphatic carbocycles. The molecule has 0 unspecified atom stereocenters. The van der Waals surface area contributed by atoms with Crippen LogP contribution in [0.2, 0.25) is 0 Å². The van der Waals surface area contributed by atoms with E-state index in [1.54, 1.807) is 90.5 Å². The molecule has 3 aromatic rings. The Balaban J connectivity index is 0.000000606. The average Bonchev–Trinajstić information content (AvgIpc) is 3.46. The summed E-state index contributed by atoms with van der Waals surface area (Å²) in [5.41, 5.74) is 1.82. The average molecular weight is 632 g/mol. The number of amides is 3. The number of hydrogen-bond donors (Lipinski definition) is 3. The van der Waals surface area contributed by atoms with E-state index in [9.17, 15) is 19.8 Å². The Hall–Kier alpha value is -4.77. The van der Waals surface area contributed by atoms with Gasteiger partial charge in [0.25, 0.3) is 0 Å². The highest BCUT2D eigenvalue weighted by molar-refractivity contribution is 6.10. The number of urea groups is 1. The van der Waals surface area contributed by atoms with Gasteiger partial charge in [-0.2, -0.15) is 0 Å². The number of amidine groups is 1. The quantitative estimate of drug-likeness (QED) is 0.380. The maximum atomic E-state index is 13.9. The Bertz CT molecular complexity index is 1530. The summed E-state index contributed by atoms with van der Waals surface area (Å²) in [6.07, 6.45) is 0. The smallest absolute Gasteiger partial charge is 0.325 e. The normalized spacial score (nSPS) is 16.7. The zero-order valence-corrected chi connectivity index (χ0v) is 27.5. The minimum atomic E-state index is -0.349. The van der Waals surface area contributed by atoms with Crippen molar-refractivity contribution in [2.45, 2.75) is 32.2 Å². The number of benzene rings is 3. The molecule has 3 N–H and O–H groups in total. The highest BCUT2D eigenvalue weighted by Gasteiger charge is 2.37.